The van der Waals surface area contributed by atoms with Crippen molar-refractivity contribution in [3.63, 3.8) is 0 Å². The molecule has 0 atom stereocenters. The molecule has 2 saturated carbocycles. The summed E-state index contributed by atoms with van der Waals surface area (Å²) in [5.74, 6) is 1.37. The number of hydrogen-bond acceptors (Lipinski definition) is 4. The lowest BCUT2D eigenvalue weighted by atomic mass is 9.88. The minimum atomic E-state index is 0.255. The second-order valence-corrected chi connectivity index (χ2v) is 10.6. The van der Waals surface area contributed by atoms with Gasteiger partial charge in [-0.25, -0.2) is 0 Å². The fourth-order valence-corrected chi connectivity index (χ4v) is 6.54. The molecule has 2 aliphatic carbocycles. The molecule has 2 aromatic rings. The summed E-state index contributed by atoms with van der Waals surface area (Å²) in [5, 5.41) is 10.7. The fraction of sp³-hybridized carbons (Fsp3) is 0.625. The Bertz CT molecular complexity index is 905. The molecule has 0 saturated heterocycles. The molecule has 2 fully saturated rings. The summed E-state index contributed by atoms with van der Waals surface area (Å²) in [7, 11) is 0. The molecule has 174 valence electrons. The third kappa shape index (κ3) is 5.45. The molecule has 4 rings (SSSR count). The van der Waals surface area contributed by atoms with Crippen LogP contribution < -0.4 is 0 Å². The molecule has 0 spiro atoms. The second-order valence-electron chi connectivity index (χ2n) is 8.85. The lowest BCUT2D eigenvalue weighted by molar-refractivity contribution is -0.135. The van der Waals surface area contributed by atoms with Gasteiger partial charge in [-0.05, 0) is 50.8 Å². The number of hydrogen-bond donors (Lipinski definition) is 0. The number of carbonyl (C=O) groups excluding carboxylic acids is 1. The van der Waals surface area contributed by atoms with E-state index in [2.05, 4.69) is 22.0 Å². The third-order valence-corrected chi connectivity index (χ3v) is 8.25. The normalized spacial score (nSPS) is 18.1. The molecule has 0 bridgehead atoms. The smallest absolute Gasteiger partial charge is 0.233 e. The van der Waals surface area contributed by atoms with E-state index >= 15 is 0 Å². The van der Waals surface area contributed by atoms with E-state index in [4.69, 9.17) is 23.2 Å². The minimum Gasteiger partial charge on any atom is -0.336 e. The van der Waals surface area contributed by atoms with Crippen molar-refractivity contribution >= 4 is 40.9 Å². The van der Waals surface area contributed by atoms with Crippen LogP contribution in [0.15, 0.2) is 23.4 Å². The maximum absolute atomic E-state index is 13.5. The largest absolute Gasteiger partial charge is 0.336 e. The van der Waals surface area contributed by atoms with Gasteiger partial charge in [0.2, 0.25) is 5.91 Å². The van der Waals surface area contributed by atoms with Gasteiger partial charge in [-0.15, -0.1) is 10.2 Å². The molecular weight excluding hydrogens is 463 g/mol. The van der Waals surface area contributed by atoms with Crippen molar-refractivity contribution in [1.82, 2.24) is 19.7 Å². The van der Waals surface area contributed by atoms with Crippen LogP contribution in [0.1, 0.15) is 71.1 Å². The first-order chi connectivity index (χ1) is 15.6. The molecular formula is C24H32Cl2N4OS. The molecule has 1 aromatic heterocycles. The molecule has 8 heteroatoms. The number of aromatic nitrogens is 3. The number of amides is 1. The number of nitrogens with zero attached hydrogens (tertiary/aromatic N) is 4. The van der Waals surface area contributed by atoms with Crippen molar-refractivity contribution in [2.45, 2.75) is 94.9 Å². The number of rotatable bonds is 7. The van der Waals surface area contributed by atoms with Gasteiger partial charge in [0.25, 0.3) is 0 Å². The van der Waals surface area contributed by atoms with Crippen LogP contribution in [0.25, 0.3) is 11.4 Å². The molecule has 1 aromatic carbocycles. The van der Waals surface area contributed by atoms with E-state index < -0.39 is 0 Å². The van der Waals surface area contributed by atoms with E-state index in [1.807, 2.05) is 10.6 Å². The highest BCUT2D eigenvalue weighted by atomic mass is 35.5. The third-order valence-electron chi connectivity index (χ3n) is 6.75. The first-order valence-electron chi connectivity index (χ1n) is 11.9. The van der Waals surface area contributed by atoms with Crippen LogP contribution >= 0.6 is 35.0 Å². The summed E-state index contributed by atoms with van der Waals surface area (Å²) >= 11 is 14.0. The fourth-order valence-electron chi connectivity index (χ4n) is 5.18. The zero-order chi connectivity index (χ0) is 22.5. The Labute approximate surface area is 205 Å². The monoisotopic (exact) mass is 494 g/mol. The highest BCUT2D eigenvalue weighted by Gasteiger charge is 2.32. The zero-order valence-electron chi connectivity index (χ0n) is 18.7. The van der Waals surface area contributed by atoms with Crippen LogP contribution in [-0.2, 0) is 11.3 Å². The molecule has 32 heavy (non-hydrogen) atoms. The average molecular weight is 496 g/mol. The van der Waals surface area contributed by atoms with E-state index in [-0.39, 0.29) is 5.91 Å². The van der Waals surface area contributed by atoms with Crippen LogP contribution in [0.2, 0.25) is 10.0 Å². The molecule has 0 aliphatic heterocycles. The number of carbonyl (C=O) groups is 1. The van der Waals surface area contributed by atoms with Gasteiger partial charge in [-0.3, -0.25) is 4.79 Å². The Balaban J connectivity index is 1.49. The molecule has 0 N–H and O–H groups in total. The van der Waals surface area contributed by atoms with Crippen molar-refractivity contribution < 1.29 is 4.79 Å². The van der Waals surface area contributed by atoms with E-state index in [1.165, 1.54) is 50.3 Å². The standard InChI is InChI=1S/C24H32Cl2N4OS/c1-2-29-23(20-14-13-17(25)15-21(20)26)27-28-24(29)32-16-22(31)30(18-9-5-3-6-10-18)19-11-7-4-8-12-19/h13-15,18-19H,2-12,16H2,1H3. The molecule has 2 aliphatic rings. The Morgan fingerprint density at radius 2 is 1.66 bits per heavy atom. The molecule has 5 nitrogen and oxygen atoms in total. The summed E-state index contributed by atoms with van der Waals surface area (Å²) < 4.78 is 2.03. The average Bonchev–Trinajstić information content (AvgIpc) is 3.22. The van der Waals surface area contributed by atoms with Crippen molar-refractivity contribution in [3.05, 3.63) is 28.2 Å². The van der Waals surface area contributed by atoms with Crippen LogP contribution in [0, 0.1) is 0 Å². The van der Waals surface area contributed by atoms with Gasteiger partial charge in [-0.1, -0.05) is 73.5 Å². The maximum Gasteiger partial charge on any atom is 0.233 e. The van der Waals surface area contributed by atoms with Gasteiger partial charge in [0.05, 0.1) is 10.8 Å². The summed E-state index contributed by atoms with van der Waals surface area (Å²) in [4.78, 5) is 15.8. The predicted molar refractivity (Wildman–Crippen MR) is 132 cm³/mol. The van der Waals surface area contributed by atoms with Gasteiger partial charge in [-0.2, -0.15) is 0 Å². The van der Waals surface area contributed by atoms with Crippen LogP contribution in [0.4, 0.5) is 0 Å². The zero-order valence-corrected chi connectivity index (χ0v) is 21.1. The van der Waals surface area contributed by atoms with E-state index in [0.717, 1.165) is 36.4 Å². The Morgan fingerprint density at radius 3 is 2.22 bits per heavy atom. The van der Waals surface area contributed by atoms with Gasteiger partial charge in [0.1, 0.15) is 0 Å². The Kier molecular flexibility index (Phi) is 8.41. The van der Waals surface area contributed by atoms with Gasteiger partial charge >= 0.3 is 0 Å². The first kappa shape index (κ1) is 23.9. The minimum absolute atomic E-state index is 0.255. The van der Waals surface area contributed by atoms with Crippen molar-refractivity contribution in [3.8, 4) is 11.4 Å². The topological polar surface area (TPSA) is 51.0 Å². The first-order valence-corrected chi connectivity index (χ1v) is 13.6. The van der Waals surface area contributed by atoms with Crippen LogP contribution in [-0.4, -0.2) is 43.4 Å². The summed E-state index contributed by atoms with van der Waals surface area (Å²) in [6, 6.07) is 6.21. The van der Waals surface area contributed by atoms with E-state index in [0.29, 0.717) is 40.3 Å². The maximum atomic E-state index is 13.5. The Morgan fingerprint density at radius 1 is 1.03 bits per heavy atom. The number of benzene rings is 1. The molecule has 1 heterocycles. The predicted octanol–water partition coefficient (Wildman–Crippen LogP) is 6.86. The van der Waals surface area contributed by atoms with E-state index in [1.54, 1.807) is 12.1 Å². The molecule has 0 unspecified atom stereocenters. The quantitative estimate of drug-likeness (QED) is 0.394. The lowest BCUT2D eigenvalue weighted by Crippen LogP contribution is -2.49. The van der Waals surface area contributed by atoms with E-state index in [9.17, 15) is 4.79 Å². The van der Waals surface area contributed by atoms with Crippen LogP contribution in [0.3, 0.4) is 0 Å². The molecule has 0 radical (unpaired) electrons. The van der Waals surface area contributed by atoms with Gasteiger partial charge < -0.3 is 9.47 Å². The summed E-state index contributed by atoms with van der Waals surface area (Å²) in [5.41, 5.74) is 0.801. The number of halogens is 2. The highest BCUT2D eigenvalue weighted by molar-refractivity contribution is 7.99. The van der Waals surface area contributed by atoms with Gasteiger partial charge in [0.15, 0.2) is 11.0 Å². The van der Waals surface area contributed by atoms with Crippen molar-refractivity contribution in [2.75, 3.05) is 5.75 Å². The second kappa shape index (κ2) is 11.3. The lowest BCUT2D eigenvalue weighted by Gasteiger charge is -2.41. The van der Waals surface area contributed by atoms with Gasteiger partial charge in [0, 0.05) is 29.2 Å². The number of thioether (sulfide) groups is 1. The van der Waals surface area contributed by atoms with Crippen molar-refractivity contribution in [1.29, 1.82) is 0 Å². The van der Waals surface area contributed by atoms with Crippen LogP contribution in [0.5, 0.6) is 0 Å². The molecule has 1 amide bonds. The Hall–Kier alpha value is -1.24. The van der Waals surface area contributed by atoms with Crippen molar-refractivity contribution in [2.24, 2.45) is 0 Å². The summed E-state index contributed by atoms with van der Waals surface area (Å²) in [6.45, 7) is 2.76. The highest BCUT2D eigenvalue weighted by Crippen LogP contribution is 2.33. The SMILES string of the molecule is CCn1c(SCC(=O)N(C2CCCCC2)C2CCCCC2)nnc1-c1ccc(Cl)cc1Cl. The summed E-state index contributed by atoms with van der Waals surface area (Å²) in [6.07, 6.45) is 12.2.